The molecule has 76 valence electrons. The number of nitrogens with zero attached hydrogens (tertiary/aromatic N) is 1. The van der Waals surface area contributed by atoms with Crippen LogP contribution in [0.1, 0.15) is 16.9 Å². The van der Waals surface area contributed by atoms with E-state index in [2.05, 4.69) is 4.57 Å². The summed E-state index contributed by atoms with van der Waals surface area (Å²) in [6.07, 6.45) is 0.627. The van der Waals surface area contributed by atoms with Crippen molar-refractivity contribution in [2.45, 2.75) is 13.0 Å². The zero-order valence-corrected chi connectivity index (χ0v) is 8.49. The second-order valence-electron chi connectivity index (χ2n) is 3.78. The number of benzene rings is 1. The SMILES string of the molecule is COc1ccc2cc3n(c2c1)CCC3=O. The Morgan fingerprint density at radius 1 is 1.33 bits per heavy atom. The summed E-state index contributed by atoms with van der Waals surface area (Å²) >= 11 is 0. The maximum atomic E-state index is 11.5. The third-order valence-electron chi connectivity index (χ3n) is 2.96. The molecule has 0 aliphatic carbocycles. The first kappa shape index (κ1) is 8.53. The Morgan fingerprint density at radius 3 is 3.00 bits per heavy atom. The molecule has 0 atom stereocenters. The third-order valence-corrected chi connectivity index (χ3v) is 2.96. The van der Waals surface area contributed by atoms with E-state index in [1.807, 2.05) is 24.3 Å². The highest BCUT2D eigenvalue weighted by Gasteiger charge is 2.21. The highest BCUT2D eigenvalue weighted by atomic mass is 16.5. The van der Waals surface area contributed by atoms with Crippen molar-refractivity contribution in [3.8, 4) is 5.75 Å². The summed E-state index contributed by atoms with van der Waals surface area (Å²) < 4.78 is 7.25. The van der Waals surface area contributed by atoms with E-state index in [4.69, 9.17) is 4.74 Å². The van der Waals surface area contributed by atoms with Gasteiger partial charge in [-0.05, 0) is 18.2 Å². The topological polar surface area (TPSA) is 31.2 Å². The minimum absolute atomic E-state index is 0.241. The average Bonchev–Trinajstić information content (AvgIpc) is 2.78. The van der Waals surface area contributed by atoms with Gasteiger partial charge in [-0.25, -0.2) is 0 Å². The van der Waals surface area contributed by atoms with Crippen LogP contribution in [0, 0.1) is 0 Å². The van der Waals surface area contributed by atoms with Gasteiger partial charge in [0, 0.05) is 24.4 Å². The fourth-order valence-corrected chi connectivity index (χ4v) is 2.17. The molecule has 1 aromatic carbocycles. The van der Waals surface area contributed by atoms with E-state index < -0.39 is 0 Å². The molecule has 15 heavy (non-hydrogen) atoms. The Morgan fingerprint density at radius 2 is 2.20 bits per heavy atom. The van der Waals surface area contributed by atoms with Crippen LogP contribution in [0.15, 0.2) is 24.3 Å². The molecule has 0 N–H and O–H groups in total. The quantitative estimate of drug-likeness (QED) is 0.708. The molecular weight excluding hydrogens is 190 g/mol. The molecule has 3 nitrogen and oxygen atoms in total. The van der Waals surface area contributed by atoms with Crippen LogP contribution in [0.2, 0.25) is 0 Å². The van der Waals surface area contributed by atoms with E-state index in [0.29, 0.717) is 6.42 Å². The Bertz CT molecular complexity index is 554. The van der Waals surface area contributed by atoms with Gasteiger partial charge in [-0.15, -0.1) is 0 Å². The molecule has 2 heterocycles. The van der Waals surface area contributed by atoms with Gasteiger partial charge < -0.3 is 9.30 Å². The Balaban J connectivity index is 2.31. The lowest BCUT2D eigenvalue weighted by Gasteiger charge is -2.02. The molecule has 2 aromatic rings. The molecule has 0 fully saturated rings. The van der Waals surface area contributed by atoms with Crippen molar-refractivity contribution in [3.63, 3.8) is 0 Å². The average molecular weight is 201 g/mol. The maximum absolute atomic E-state index is 11.5. The molecule has 0 saturated heterocycles. The predicted octanol–water partition coefficient (Wildman–Crippen LogP) is 2.24. The highest BCUT2D eigenvalue weighted by molar-refractivity contribution is 6.02. The van der Waals surface area contributed by atoms with Gasteiger partial charge in [0.2, 0.25) is 0 Å². The molecule has 0 saturated carbocycles. The number of hydrogen-bond donors (Lipinski definition) is 0. The van der Waals surface area contributed by atoms with Crippen LogP contribution in [-0.4, -0.2) is 17.5 Å². The largest absolute Gasteiger partial charge is 0.497 e. The smallest absolute Gasteiger partial charge is 0.181 e. The van der Waals surface area contributed by atoms with Crippen LogP contribution < -0.4 is 4.74 Å². The molecule has 1 aliphatic heterocycles. The van der Waals surface area contributed by atoms with Crippen LogP contribution in [0.3, 0.4) is 0 Å². The number of fused-ring (bicyclic) bond motifs is 3. The standard InChI is InChI=1S/C12H11NO2/c1-15-9-3-2-8-6-11-12(14)4-5-13(11)10(8)7-9/h2-3,6-7H,4-5H2,1H3. The lowest BCUT2D eigenvalue weighted by molar-refractivity contribution is 0.0994. The van der Waals surface area contributed by atoms with Gasteiger partial charge in [-0.1, -0.05) is 0 Å². The monoisotopic (exact) mass is 201 g/mol. The Labute approximate surface area is 87.3 Å². The normalized spacial score (nSPS) is 14.6. The van der Waals surface area contributed by atoms with Crippen LogP contribution >= 0.6 is 0 Å². The molecule has 0 bridgehead atoms. The summed E-state index contributed by atoms with van der Waals surface area (Å²) in [6.45, 7) is 0.796. The number of aromatic nitrogens is 1. The summed E-state index contributed by atoms with van der Waals surface area (Å²) in [5.74, 6) is 1.08. The number of aryl methyl sites for hydroxylation is 1. The van der Waals surface area contributed by atoms with Crippen molar-refractivity contribution >= 4 is 16.7 Å². The summed E-state index contributed by atoms with van der Waals surface area (Å²) in [5.41, 5.74) is 1.92. The second kappa shape index (κ2) is 2.86. The number of carbonyl (C=O) groups excluding carboxylic acids is 1. The number of ketones is 1. The van der Waals surface area contributed by atoms with Crippen molar-refractivity contribution in [2.24, 2.45) is 0 Å². The highest BCUT2D eigenvalue weighted by Crippen LogP contribution is 2.28. The number of rotatable bonds is 1. The van der Waals surface area contributed by atoms with Gasteiger partial charge in [-0.2, -0.15) is 0 Å². The molecule has 3 rings (SSSR count). The van der Waals surface area contributed by atoms with Crippen LogP contribution in [0.5, 0.6) is 5.75 Å². The van der Waals surface area contributed by atoms with E-state index in [0.717, 1.165) is 28.9 Å². The first-order chi connectivity index (χ1) is 7.29. The number of ether oxygens (including phenoxy) is 1. The Hall–Kier alpha value is -1.77. The van der Waals surface area contributed by atoms with Gasteiger partial charge in [-0.3, -0.25) is 4.79 Å². The molecule has 0 amide bonds. The Kier molecular flexibility index (Phi) is 1.63. The first-order valence-electron chi connectivity index (χ1n) is 5.00. The van der Waals surface area contributed by atoms with Crippen molar-refractivity contribution in [3.05, 3.63) is 30.0 Å². The van der Waals surface area contributed by atoms with E-state index in [1.54, 1.807) is 7.11 Å². The van der Waals surface area contributed by atoms with Gasteiger partial charge in [0.05, 0.1) is 18.3 Å². The summed E-state index contributed by atoms with van der Waals surface area (Å²) in [6, 6.07) is 7.86. The van der Waals surface area contributed by atoms with E-state index in [1.165, 1.54) is 0 Å². The van der Waals surface area contributed by atoms with Gasteiger partial charge in [0.15, 0.2) is 5.78 Å². The lowest BCUT2D eigenvalue weighted by Crippen LogP contribution is -1.92. The predicted molar refractivity (Wildman–Crippen MR) is 57.4 cm³/mol. The number of hydrogen-bond acceptors (Lipinski definition) is 2. The minimum atomic E-state index is 0.241. The minimum Gasteiger partial charge on any atom is -0.497 e. The van der Waals surface area contributed by atoms with Crippen LogP contribution in [-0.2, 0) is 6.54 Å². The third kappa shape index (κ3) is 1.09. The van der Waals surface area contributed by atoms with E-state index in [9.17, 15) is 4.79 Å². The second-order valence-corrected chi connectivity index (χ2v) is 3.78. The van der Waals surface area contributed by atoms with Crippen molar-refractivity contribution < 1.29 is 9.53 Å². The zero-order chi connectivity index (χ0) is 10.4. The summed E-state index contributed by atoms with van der Waals surface area (Å²) in [4.78, 5) is 11.5. The summed E-state index contributed by atoms with van der Waals surface area (Å²) in [5, 5.41) is 1.11. The molecule has 1 aromatic heterocycles. The van der Waals surface area contributed by atoms with Gasteiger partial charge in [0.25, 0.3) is 0 Å². The first-order valence-corrected chi connectivity index (χ1v) is 5.00. The van der Waals surface area contributed by atoms with Crippen molar-refractivity contribution in [2.75, 3.05) is 7.11 Å². The summed E-state index contributed by atoms with van der Waals surface area (Å²) in [7, 11) is 1.65. The van der Waals surface area contributed by atoms with Gasteiger partial charge in [0.1, 0.15) is 5.75 Å². The van der Waals surface area contributed by atoms with Crippen LogP contribution in [0.25, 0.3) is 10.9 Å². The molecular formula is C12H11NO2. The number of methoxy groups -OCH3 is 1. The maximum Gasteiger partial charge on any atom is 0.181 e. The van der Waals surface area contributed by atoms with E-state index in [-0.39, 0.29) is 5.78 Å². The van der Waals surface area contributed by atoms with Crippen LogP contribution in [0.4, 0.5) is 0 Å². The molecule has 0 spiro atoms. The van der Waals surface area contributed by atoms with E-state index >= 15 is 0 Å². The van der Waals surface area contributed by atoms with Gasteiger partial charge >= 0.3 is 0 Å². The lowest BCUT2D eigenvalue weighted by atomic mass is 10.2. The van der Waals surface area contributed by atoms with Crippen molar-refractivity contribution in [1.29, 1.82) is 0 Å². The number of carbonyl (C=O) groups is 1. The fourth-order valence-electron chi connectivity index (χ4n) is 2.17. The van der Waals surface area contributed by atoms with Crippen molar-refractivity contribution in [1.82, 2.24) is 4.57 Å². The number of Topliss-reactive ketones (excluding diaryl/α,β-unsaturated/α-hetero) is 1. The molecule has 1 aliphatic rings. The molecule has 0 radical (unpaired) electrons. The fraction of sp³-hybridized carbons (Fsp3) is 0.250. The molecule has 3 heteroatoms. The molecule has 0 unspecified atom stereocenters. The zero-order valence-electron chi connectivity index (χ0n) is 8.49.